The van der Waals surface area contributed by atoms with Crippen molar-refractivity contribution in [3.63, 3.8) is 0 Å². The van der Waals surface area contributed by atoms with E-state index in [2.05, 4.69) is 0 Å². The SMILES string of the molecule is O=C(O)C1CCN(C(=O)CCCl)C1. The molecule has 0 aromatic carbocycles. The molecular weight excluding hydrogens is 194 g/mol. The van der Waals surface area contributed by atoms with Gasteiger partial charge in [-0.3, -0.25) is 9.59 Å². The maximum absolute atomic E-state index is 11.3. The second-order valence-electron chi connectivity index (χ2n) is 3.10. The van der Waals surface area contributed by atoms with Gasteiger partial charge < -0.3 is 10.0 Å². The van der Waals surface area contributed by atoms with Crippen LogP contribution in [0.25, 0.3) is 0 Å². The number of halogens is 1. The molecule has 13 heavy (non-hydrogen) atoms. The van der Waals surface area contributed by atoms with Gasteiger partial charge in [0.25, 0.3) is 0 Å². The zero-order chi connectivity index (χ0) is 9.84. The van der Waals surface area contributed by atoms with E-state index >= 15 is 0 Å². The molecule has 0 aromatic rings. The van der Waals surface area contributed by atoms with Crippen molar-refractivity contribution >= 4 is 23.5 Å². The van der Waals surface area contributed by atoms with Crippen LogP contribution in [0.3, 0.4) is 0 Å². The first kappa shape index (κ1) is 10.3. The summed E-state index contributed by atoms with van der Waals surface area (Å²) >= 11 is 5.41. The second kappa shape index (κ2) is 4.46. The Morgan fingerprint density at radius 2 is 2.23 bits per heavy atom. The highest BCUT2D eigenvalue weighted by atomic mass is 35.5. The molecule has 1 atom stereocenters. The molecule has 0 saturated carbocycles. The fourth-order valence-electron chi connectivity index (χ4n) is 1.43. The number of carboxylic acid groups (broad SMARTS) is 1. The third-order valence-corrected chi connectivity index (χ3v) is 2.39. The molecule has 1 unspecified atom stereocenters. The Labute approximate surface area is 81.5 Å². The lowest BCUT2D eigenvalue weighted by Gasteiger charge is -2.14. The van der Waals surface area contributed by atoms with Gasteiger partial charge in [-0.25, -0.2) is 0 Å². The highest BCUT2D eigenvalue weighted by Gasteiger charge is 2.30. The van der Waals surface area contributed by atoms with Gasteiger partial charge in [-0.15, -0.1) is 11.6 Å². The van der Waals surface area contributed by atoms with Gasteiger partial charge >= 0.3 is 5.97 Å². The van der Waals surface area contributed by atoms with Crippen LogP contribution in [0, 0.1) is 5.92 Å². The lowest BCUT2D eigenvalue weighted by Crippen LogP contribution is -2.29. The number of carbonyl (C=O) groups excluding carboxylic acids is 1. The minimum absolute atomic E-state index is 0.0428. The molecule has 74 valence electrons. The van der Waals surface area contributed by atoms with Gasteiger partial charge in [-0.2, -0.15) is 0 Å². The Hall–Kier alpha value is -0.770. The van der Waals surface area contributed by atoms with Crippen LogP contribution in [-0.2, 0) is 9.59 Å². The zero-order valence-electron chi connectivity index (χ0n) is 7.20. The molecule has 0 radical (unpaired) electrons. The molecule has 0 aromatic heterocycles. The van der Waals surface area contributed by atoms with Gasteiger partial charge in [-0.1, -0.05) is 0 Å². The lowest BCUT2D eigenvalue weighted by atomic mass is 10.1. The van der Waals surface area contributed by atoms with Crippen LogP contribution < -0.4 is 0 Å². The first-order valence-electron chi connectivity index (χ1n) is 4.21. The quantitative estimate of drug-likeness (QED) is 0.685. The summed E-state index contributed by atoms with van der Waals surface area (Å²) in [6, 6.07) is 0. The van der Waals surface area contributed by atoms with E-state index in [9.17, 15) is 9.59 Å². The average Bonchev–Trinajstić information content (AvgIpc) is 2.52. The first-order chi connectivity index (χ1) is 6.15. The second-order valence-corrected chi connectivity index (χ2v) is 3.48. The molecule has 1 amide bonds. The van der Waals surface area contributed by atoms with E-state index in [0.717, 1.165) is 0 Å². The van der Waals surface area contributed by atoms with Gasteiger partial charge in [0.05, 0.1) is 5.92 Å². The Balaban J connectivity index is 2.40. The van der Waals surface area contributed by atoms with Crippen LogP contribution in [0.1, 0.15) is 12.8 Å². The summed E-state index contributed by atoms with van der Waals surface area (Å²) in [6.07, 6.45) is 0.858. The monoisotopic (exact) mass is 205 g/mol. The van der Waals surface area contributed by atoms with E-state index in [1.165, 1.54) is 0 Å². The number of carboxylic acids is 1. The van der Waals surface area contributed by atoms with Gasteiger partial charge in [0.2, 0.25) is 5.91 Å². The van der Waals surface area contributed by atoms with E-state index in [4.69, 9.17) is 16.7 Å². The fourth-order valence-corrected chi connectivity index (χ4v) is 1.59. The number of hydrogen-bond donors (Lipinski definition) is 1. The highest BCUT2D eigenvalue weighted by Crippen LogP contribution is 2.16. The smallest absolute Gasteiger partial charge is 0.308 e. The topological polar surface area (TPSA) is 57.6 Å². The van der Waals surface area contributed by atoms with Crippen molar-refractivity contribution in [1.82, 2.24) is 4.90 Å². The summed E-state index contributed by atoms with van der Waals surface area (Å²) in [6.45, 7) is 0.887. The van der Waals surface area contributed by atoms with Crippen LogP contribution in [0.15, 0.2) is 0 Å². The number of rotatable bonds is 3. The van der Waals surface area contributed by atoms with Crippen molar-refractivity contribution in [3.05, 3.63) is 0 Å². The molecule has 1 aliphatic heterocycles. The van der Waals surface area contributed by atoms with Crippen molar-refractivity contribution in [2.75, 3.05) is 19.0 Å². The lowest BCUT2D eigenvalue weighted by molar-refractivity contribution is -0.141. The van der Waals surface area contributed by atoms with Crippen molar-refractivity contribution < 1.29 is 14.7 Å². The normalized spacial score (nSPS) is 21.9. The van der Waals surface area contributed by atoms with Gasteiger partial charge in [0.1, 0.15) is 0 Å². The summed E-state index contributed by atoms with van der Waals surface area (Å²) in [5.41, 5.74) is 0. The summed E-state index contributed by atoms with van der Waals surface area (Å²) in [5, 5.41) is 8.68. The predicted octanol–water partition coefficient (Wildman–Crippen LogP) is 0.548. The molecular formula is C8H12ClNO3. The summed E-state index contributed by atoms with van der Waals surface area (Å²) in [7, 11) is 0. The maximum atomic E-state index is 11.3. The number of hydrogen-bond acceptors (Lipinski definition) is 2. The minimum atomic E-state index is -0.818. The Kier molecular flexibility index (Phi) is 3.54. The molecule has 4 nitrogen and oxygen atoms in total. The van der Waals surface area contributed by atoms with Crippen molar-refractivity contribution in [2.24, 2.45) is 5.92 Å². The number of amides is 1. The van der Waals surface area contributed by atoms with Crippen molar-refractivity contribution in [2.45, 2.75) is 12.8 Å². The van der Waals surface area contributed by atoms with Crippen LogP contribution >= 0.6 is 11.6 Å². The van der Waals surface area contributed by atoms with Crippen molar-refractivity contribution in [1.29, 1.82) is 0 Å². The largest absolute Gasteiger partial charge is 0.481 e. The summed E-state index contributed by atoms with van der Waals surface area (Å²) in [5.74, 6) is -0.952. The van der Waals surface area contributed by atoms with Crippen molar-refractivity contribution in [3.8, 4) is 0 Å². The van der Waals surface area contributed by atoms with Gasteiger partial charge in [0.15, 0.2) is 0 Å². The first-order valence-corrected chi connectivity index (χ1v) is 4.75. The maximum Gasteiger partial charge on any atom is 0.308 e. The molecule has 0 aliphatic carbocycles. The summed E-state index contributed by atoms with van der Waals surface area (Å²) in [4.78, 5) is 23.4. The fraction of sp³-hybridized carbons (Fsp3) is 0.750. The molecule has 5 heteroatoms. The predicted molar refractivity (Wildman–Crippen MR) is 47.7 cm³/mol. The van der Waals surface area contributed by atoms with Gasteiger partial charge in [0, 0.05) is 25.4 Å². The van der Waals surface area contributed by atoms with E-state index in [1.807, 2.05) is 0 Å². The molecule has 1 aliphatic rings. The molecule has 1 N–H and O–H groups in total. The average molecular weight is 206 g/mol. The minimum Gasteiger partial charge on any atom is -0.481 e. The number of likely N-dealkylation sites (tertiary alicyclic amines) is 1. The third kappa shape index (κ3) is 2.59. The van der Waals surface area contributed by atoms with E-state index in [0.29, 0.717) is 31.8 Å². The third-order valence-electron chi connectivity index (χ3n) is 2.20. The molecule has 1 fully saturated rings. The Morgan fingerprint density at radius 1 is 1.54 bits per heavy atom. The van der Waals surface area contributed by atoms with Gasteiger partial charge in [-0.05, 0) is 6.42 Å². The van der Waals surface area contributed by atoms with Crippen LogP contribution in [0.4, 0.5) is 0 Å². The number of nitrogens with zero attached hydrogens (tertiary/aromatic N) is 1. The molecule has 1 heterocycles. The molecule has 0 spiro atoms. The molecule has 1 saturated heterocycles. The number of carbonyl (C=O) groups is 2. The van der Waals surface area contributed by atoms with E-state index < -0.39 is 5.97 Å². The van der Waals surface area contributed by atoms with Crippen LogP contribution in [-0.4, -0.2) is 40.9 Å². The molecule has 0 bridgehead atoms. The summed E-state index contributed by atoms with van der Waals surface area (Å²) < 4.78 is 0. The number of alkyl halides is 1. The Morgan fingerprint density at radius 3 is 2.69 bits per heavy atom. The van der Waals surface area contributed by atoms with Crippen LogP contribution in [0.5, 0.6) is 0 Å². The molecule has 1 rings (SSSR count). The zero-order valence-corrected chi connectivity index (χ0v) is 7.96. The van der Waals surface area contributed by atoms with Crippen LogP contribution in [0.2, 0.25) is 0 Å². The van der Waals surface area contributed by atoms with E-state index in [1.54, 1.807) is 4.90 Å². The van der Waals surface area contributed by atoms with E-state index in [-0.39, 0.29) is 11.8 Å². The Bertz CT molecular complexity index is 219. The number of aliphatic carboxylic acids is 1. The standard InChI is InChI=1S/C8H12ClNO3/c9-3-1-7(11)10-4-2-6(5-10)8(12)13/h6H,1-5H2,(H,12,13). The highest BCUT2D eigenvalue weighted by molar-refractivity contribution is 6.18.